The van der Waals surface area contributed by atoms with E-state index in [-0.39, 0.29) is 0 Å². The Kier molecular flexibility index (Phi) is 3.95. The fourth-order valence-corrected chi connectivity index (χ4v) is 3.42. The highest BCUT2D eigenvalue weighted by molar-refractivity contribution is 5.93. The molecule has 28 heavy (non-hydrogen) atoms. The van der Waals surface area contributed by atoms with Gasteiger partial charge in [0.2, 0.25) is 0 Å². The minimum absolute atomic E-state index is 0.711. The number of rotatable bonds is 3. The lowest BCUT2D eigenvalue weighted by Crippen LogP contribution is -2.00. The molecule has 0 N–H and O–H groups in total. The third-order valence-corrected chi connectivity index (χ3v) is 4.77. The van der Waals surface area contributed by atoms with Crippen molar-refractivity contribution in [3.8, 4) is 28.3 Å². The Labute approximate surface area is 163 Å². The molecule has 0 amide bonds. The predicted molar refractivity (Wildman–Crippen MR) is 112 cm³/mol. The zero-order chi connectivity index (χ0) is 18.9. The van der Waals surface area contributed by atoms with Gasteiger partial charge in [-0.2, -0.15) is 5.10 Å². The lowest BCUT2D eigenvalue weighted by Gasteiger charge is -2.10. The maximum Gasteiger partial charge on any atom is 0.160 e. The topological polar surface area (TPSA) is 43.6 Å². The summed E-state index contributed by atoms with van der Waals surface area (Å²) >= 11 is 0. The Morgan fingerprint density at radius 3 is 1.86 bits per heavy atom. The summed E-state index contributed by atoms with van der Waals surface area (Å²) in [6, 6.07) is 30.4. The van der Waals surface area contributed by atoms with E-state index >= 15 is 0 Å². The fourth-order valence-electron chi connectivity index (χ4n) is 3.42. The summed E-state index contributed by atoms with van der Waals surface area (Å²) in [4.78, 5) is 9.85. The van der Waals surface area contributed by atoms with Gasteiger partial charge in [0.25, 0.3) is 0 Å². The minimum Gasteiger partial charge on any atom is -0.229 e. The van der Waals surface area contributed by atoms with Crippen LogP contribution in [0.3, 0.4) is 0 Å². The van der Waals surface area contributed by atoms with Crippen LogP contribution in [0.4, 0.5) is 0 Å². The molecular weight excluding hydrogens is 344 g/mol. The standard InChI is InChI=1S/C24H18N4/c1-17-21-23(28(27-17)20-15-9-4-10-16-20)22(18-11-5-2-6-12-18)26-24(25-21)19-13-7-3-8-14-19/h2-16H,1H3. The Morgan fingerprint density at radius 2 is 1.21 bits per heavy atom. The maximum absolute atomic E-state index is 4.97. The summed E-state index contributed by atoms with van der Waals surface area (Å²) in [6.45, 7) is 2.00. The monoisotopic (exact) mass is 362 g/mol. The van der Waals surface area contributed by atoms with Gasteiger partial charge < -0.3 is 0 Å². The number of nitrogens with zero attached hydrogens (tertiary/aromatic N) is 4. The van der Waals surface area contributed by atoms with Crippen LogP contribution in [0, 0.1) is 6.92 Å². The van der Waals surface area contributed by atoms with Gasteiger partial charge in [-0.05, 0) is 19.1 Å². The van der Waals surface area contributed by atoms with Gasteiger partial charge in [-0.25, -0.2) is 14.6 Å². The quantitative estimate of drug-likeness (QED) is 0.428. The molecule has 0 saturated heterocycles. The van der Waals surface area contributed by atoms with Crippen LogP contribution >= 0.6 is 0 Å². The fraction of sp³-hybridized carbons (Fsp3) is 0.0417. The van der Waals surface area contributed by atoms with Crippen LogP contribution in [0.2, 0.25) is 0 Å². The van der Waals surface area contributed by atoms with E-state index in [1.807, 2.05) is 90.5 Å². The highest BCUT2D eigenvalue weighted by Crippen LogP contribution is 2.32. The molecule has 0 atom stereocenters. The van der Waals surface area contributed by atoms with Crippen molar-refractivity contribution in [3.63, 3.8) is 0 Å². The van der Waals surface area contributed by atoms with Gasteiger partial charge in [-0.3, -0.25) is 0 Å². The zero-order valence-corrected chi connectivity index (χ0v) is 15.4. The highest BCUT2D eigenvalue weighted by Gasteiger charge is 2.19. The molecule has 0 bridgehead atoms. The summed E-state index contributed by atoms with van der Waals surface area (Å²) < 4.78 is 1.95. The number of aromatic nitrogens is 4. The first-order valence-corrected chi connectivity index (χ1v) is 9.25. The second kappa shape index (κ2) is 6.74. The number of para-hydroxylation sites is 1. The summed E-state index contributed by atoms with van der Waals surface area (Å²) in [5, 5.41) is 4.80. The third kappa shape index (κ3) is 2.76. The van der Waals surface area contributed by atoms with E-state index in [4.69, 9.17) is 15.1 Å². The Balaban J connectivity index is 1.87. The summed E-state index contributed by atoms with van der Waals surface area (Å²) in [5.41, 5.74) is 6.60. The van der Waals surface area contributed by atoms with E-state index in [1.165, 1.54) is 0 Å². The van der Waals surface area contributed by atoms with Crippen LogP contribution in [0.1, 0.15) is 5.69 Å². The van der Waals surface area contributed by atoms with Crippen molar-refractivity contribution in [1.29, 1.82) is 0 Å². The van der Waals surface area contributed by atoms with Crippen LogP contribution in [0.5, 0.6) is 0 Å². The Bertz CT molecular complexity index is 1240. The molecule has 5 rings (SSSR count). The first-order chi connectivity index (χ1) is 13.8. The van der Waals surface area contributed by atoms with Crippen LogP contribution < -0.4 is 0 Å². The zero-order valence-electron chi connectivity index (χ0n) is 15.4. The number of benzene rings is 3. The van der Waals surface area contributed by atoms with Crippen LogP contribution in [0.25, 0.3) is 39.4 Å². The molecule has 2 aromatic heterocycles. The molecule has 0 radical (unpaired) electrons. The van der Waals surface area contributed by atoms with E-state index < -0.39 is 0 Å². The van der Waals surface area contributed by atoms with Gasteiger partial charge in [0.05, 0.1) is 11.4 Å². The molecule has 0 unspecified atom stereocenters. The minimum atomic E-state index is 0.711. The average Bonchev–Trinajstić information content (AvgIpc) is 3.11. The van der Waals surface area contributed by atoms with E-state index in [1.54, 1.807) is 0 Å². The van der Waals surface area contributed by atoms with Gasteiger partial charge in [0.15, 0.2) is 5.82 Å². The van der Waals surface area contributed by atoms with Crippen molar-refractivity contribution in [2.45, 2.75) is 6.92 Å². The molecule has 0 aliphatic rings. The van der Waals surface area contributed by atoms with Crippen molar-refractivity contribution in [1.82, 2.24) is 19.7 Å². The molecule has 0 aliphatic heterocycles. The first-order valence-electron chi connectivity index (χ1n) is 9.25. The van der Waals surface area contributed by atoms with Gasteiger partial charge in [-0.15, -0.1) is 0 Å². The van der Waals surface area contributed by atoms with Crippen LogP contribution in [-0.2, 0) is 0 Å². The van der Waals surface area contributed by atoms with Crippen LogP contribution in [0.15, 0.2) is 91.0 Å². The van der Waals surface area contributed by atoms with Gasteiger partial charge in [-0.1, -0.05) is 78.9 Å². The molecule has 0 spiro atoms. The van der Waals surface area contributed by atoms with E-state index in [9.17, 15) is 0 Å². The molecule has 2 heterocycles. The summed E-state index contributed by atoms with van der Waals surface area (Å²) in [7, 11) is 0. The Morgan fingerprint density at radius 1 is 0.643 bits per heavy atom. The normalized spacial score (nSPS) is 11.0. The molecule has 4 heteroatoms. The van der Waals surface area contributed by atoms with Crippen molar-refractivity contribution < 1.29 is 0 Å². The first kappa shape index (κ1) is 16.4. The van der Waals surface area contributed by atoms with Crippen molar-refractivity contribution >= 4 is 11.0 Å². The van der Waals surface area contributed by atoms with E-state index in [2.05, 4.69) is 12.1 Å². The molecule has 5 aromatic rings. The Hall–Kier alpha value is -3.79. The van der Waals surface area contributed by atoms with E-state index in [0.29, 0.717) is 5.82 Å². The maximum atomic E-state index is 4.97. The van der Waals surface area contributed by atoms with E-state index in [0.717, 1.165) is 39.2 Å². The predicted octanol–water partition coefficient (Wildman–Crippen LogP) is 5.46. The molecule has 0 saturated carbocycles. The van der Waals surface area contributed by atoms with Gasteiger partial charge >= 0.3 is 0 Å². The number of aryl methyl sites for hydroxylation is 1. The lowest BCUT2D eigenvalue weighted by molar-refractivity contribution is 0.888. The molecule has 0 fully saturated rings. The smallest absolute Gasteiger partial charge is 0.160 e. The molecule has 134 valence electrons. The second-order valence-electron chi connectivity index (χ2n) is 6.66. The number of hydrogen-bond acceptors (Lipinski definition) is 3. The van der Waals surface area contributed by atoms with Crippen molar-refractivity contribution in [3.05, 3.63) is 96.7 Å². The molecule has 3 aromatic carbocycles. The number of fused-ring (bicyclic) bond motifs is 1. The molecule has 4 nitrogen and oxygen atoms in total. The molecular formula is C24H18N4. The number of hydrogen-bond donors (Lipinski definition) is 0. The SMILES string of the molecule is Cc1nn(-c2ccccc2)c2c(-c3ccccc3)nc(-c3ccccc3)nc12. The van der Waals surface area contributed by atoms with Gasteiger partial charge in [0, 0.05) is 11.1 Å². The average molecular weight is 362 g/mol. The van der Waals surface area contributed by atoms with Crippen molar-refractivity contribution in [2.75, 3.05) is 0 Å². The highest BCUT2D eigenvalue weighted by atomic mass is 15.3. The lowest BCUT2D eigenvalue weighted by atomic mass is 10.1. The summed E-state index contributed by atoms with van der Waals surface area (Å²) in [6.07, 6.45) is 0. The third-order valence-electron chi connectivity index (χ3n) is 4.77. The molecule has 0 aliphatic carbocycles. The van der Waals surface area contributed by atoms with Crippen LogP contribution in [-0.4, -0.2) is 19.7 Å². The largest absolute Gasteiger partial charge is 0.229 e. The van der Waals surface area contributed by atoms with Crippen molar-refractivity contribution in [2.24, 2.45) is 0 Å². The summed E-state index contributed by atoms with van der Waals surface area (Å²) in [5.74, 6) is 0.711. The second-order valence-corrected chi connectivity index (χ2v) is 6.66. The van der Waals surface area contributed by atoms with Gasteiger partial charge in [0.1, 0.15) is 16.7 Å².